The largest absolute Gasteiger partial charge is 0.368 e. The minimum absolute atomic E-state index is 0.152. The zero-order chi connectivity index (χ0) is 18.7. The predicted octanol–water partition coefficient (Wildman–Crippen LogP) is 1.62. The average molecular weight is 396 g/mol. The Morgan fingerprint density at radius 3 is 2.88 bits per heavy atom. The summed E-state index contributed by atoms with van der Waals surface area (Å²) in [4.78, 5) is 13.3. The van der Waals surface area contributed by atoms with Gasteiger partial charge in [-0.3, -0.25) is 4.79 Å². The van der Waals surface area contributed by atoms with Crippen LogP contribution >= 0.6 is 11.3 Å². The van der Waals surface area contributed by atoms with Gasteiger partial charge in [0, 0.05) is 31.7 Å². The Kier molecular flexibility index (Phi) is 5.54. The number of sulfonamides is 1. The van der Waals surface area contributed by atoms with Crippen molar-refractivity contribution in [2.45, 2.75) is 37.1 Å². The Balaban J connectivity index is 1.53. The van der Waals surface area contributed by atoms with Crippen LogP contribution in [0.25, 0.3) is 0 Å². The minimum atomic E-state index is -3.72. The molecule has 1 amide bonds. The Labute approximate surface area is 156 Å². The Bertz CT molecular complexity index is 897. The molecule has 0 fully saturated rings. The van der Waals surface area contributed by atoms with Crippen LogP contribution in [0.2, 0.25) is 0 Å². The summed E-state index contributed by atoms with van der Waals surface area (Å²) in [6.45, 7) is 4.58. The summed E-state index contributed by atoms with van der Waals surface area (Å²) in [5, 5.41) is 9.88. The van der Waals surface area contributed by atoms with E-state index in [1.807, 2.05) is 12.1 Å². The first-order chi connectivity index (χ1) is 12.4. The van der Waals surface area contributed by atoms with E-state index in [2.05, 4.69) is 44.2 Å². The number of anilines is 2. The van der Waals surface area contributed by atoms with Crippen LogP contribution in [0.4, 0.5) is 10.8 Å². The van der Waals surface area contributed by atoms with Gasteiger partial charge in [0.15, 0.2) is 0 Å². The zero-order valence-electron chi connectivity index (χ0n) is 14.6. The fourth-order valence-corrected chi connectivity index (χ4v) is 5.07. The lowest BCUT2D eigenvalue weighted by molar-refractivity contribution is -0.114. The number of amides is 1. The molecule has 8 nitrogen and oxygen atoms in total. The lowest BCUT2D eigenvalue weighted by Gasteiger charge is -2.24. The van der Waals surface area contributed by atoms with Crippen LogP contribution in [-0.4, -0.2) is 43.7 Å². The highest BCUT2D eigenvalue weighted by atomic mass is 32.2. The summed E-state index contributed by atoms with van der Waals surface area (Å²) < 4.78 is 26.9. The molecule has 140 valence electrons. The quantitative estimate of drug-likeness (QED) is 0.545. The molecule has 1 aliphatic heterocycles. The second-order valence-corrected chi connectivity index (χ2v) is 9.10. The topological polar surface area (TPSA) is 104 Å². The first-order valence-corrected chi connectivity index (χ1v) is 10.6. The number of nitrogens with zero attached hydrogens (tertiary/aromatic N) is 3. The summed E-state index contributed by atoms with van der Waals surface area (Å²) in [5.74, 6) is -0.321. The first-order valence-electron chi connectivity index (χ1n) is 8.32. The summed E-state index contributed by atoms with van der Waals surface area (Å²) in [6, 6.07) is 8.71. The molecule has 1 unspecified atom stereocenters. The highest BCUT2D eigenvalue weighted by molar-refractivity contribution is 7.91. The second-order valence-electron chi connectivity index (χ2n) is 6.18. The van der Waals surface area contributed by atoms with E-state index in [-0.39, 0.29) is 15.4 Å². The van der Waals surface area contributed by atoms with Gasteiger partial charge in [-0.2, -0.15) is 0 Å². The predicted molar refractivity (Wildman–Crippen MR) is 101 cm³/mol. The molecule has 10 heteroatoms. The van der Waals surface area contributed by atoms with Crippen LogP contribution in [0.3, 0.4) is 0 Å². The Morgan fingerprint density at radius 2 is 2.12 bits per heavy atom. The average Bonchev–Trinajstić information content (AvgIpc) is 3.16. The molecular weight excluding hydrogens is 374 g/mol. The van der Waals surface area contributed by atoms with Gasteiger partial charge in [-0.25, -0.2) is 13.1 Å². The third-order valence-electron chi connectivity index (χ3n) is 4.14. The van der Waals surface area contributed by atoms with Gasteiger partial charge >= 0.3 is 0 Å². The third-order valence-corrected chi connectivity index (χ3v) is 6.80. The second kappa shape index (κ2) is 7.68. The molecule has 0 spiro atoms. The number of nitrogens with one attached hydrogen (secondary N) is 2. The van der Waals surface area contributed by atoms with Crippen molar-refractivity contribution in [3.8, 4) is 0 Å². The maximum Gasteiger partial charge on any atom is 0.269 e. The van der Waals surface area contributed by atoms with Gasteiger partial charge in [0.2, 0.25) is 15.4 Å². The van der Waals surface area contributed by atoms with E-state index in [1.54, 1.807) is 0 Å². The molecule has 1 aliphatic rings. The van der Waals surface area contributed by atoms with Crippen LogP contribution in [-0.2, 0) is 21.2 Å². The molecule has 2 heterocycles. The summed E-state index contributed by atoms with van der Waals surface area (Å²) in [6.07, 6.45) is 1.69. The number of benzene rings is 1. The SMILES string of the molecule is CC(=O)Nc1nnc(S(=O)(=O)NCCCN2c3ccccc3CC2C)s1. The molecule has 26 heavy (non-hydrogen) atoms. The highest BCUT2D eigenvalue weighted by Crippen LogP contribution is 2.31. The minimum Gasteiger partial charge on any atom is -0.368 e. The molecule has 0 radical (unpaired) electrons. The fourth-order valence-electron chi connectivity index (χ4n) is 3.01. The summed E-state index contributed by atoms with van der Waals surface area (Å²) in [7, 11) is -3.72. The van der Waals surface area contributed by atoms with Crippen LogP contribution in [0, 0.1) is 0 Å². The molecule has 0 saturated heterocycles. The standard InChI is InChI=1S/C16H21N5O3S2/c1-11-10-13-6-3-4-7-14(13)21(11)9-5-8-17-26(23,24)16-20-19-15(25-16)18-12(2)22/h3-4,6-7,11,17H,5,8-10H2,1-2H3,(H,18,19,22). The van der Waals surface area contributed by atoms with E-state index in [4.69, 9.17) is 0 Å². The van der Waals surface area contributed by atoms with Crippen LogP contribution in [0.5, 0.6) is 0 Å². The lowest BCUT2D eigenvalue weighted by atomic mass is 10.1. The molecule has 1 aromatic carbocycles. The van der Waals surface area contributed by atoms with Crippen molar-refractivity contribution in [1.29, 1.82) is 0 Å². The van der Waals surface area contributed by atoms with E-state index >= 15 is 0 Å². The number of fused-ring (bicyclic) bond motifs is 1. The van der Waals surface area contributed by atoms with Gasteiger partial charge in [-0.05, 0) is 31.4 Å². The van der Waals surface area contributed by atoms with Crippen molar-refractivity contribution in [2.75, 3.05) is 23.3 Å². The third kappa shape index (κ3) is 4.19. The Hall–Kier alpha value is -2.04. The van der Waals surface area contributed by atoms with Crippen LogP contribution in [0.15, 0.2) is 28.6 Å². The number of aromatic nitrogens is 2. The summed E-state index contributed by atoms with van der Waals surface area (Å²) >= 11 is 0.828. The van der Waals surface area contributed by atoms with Crippen molar-refractivity contribution in [3.05, 3.63) is 29.8 Å². The molecule has 3 rings (SSSR count). The number of carbonyl (C=O) groups is 1. The number of rotatable bonds is 7. The molecule has 0 saturated carbocycles. The smallest absolute Gasteiger partial charge is 0.269 e. The van der Waals surface area contributed by atoms with E-state index in [0.29, 0.717) is 19.0 Å². The lowest BCUT2D eigenvalue weighted by Crippen LogP contribution is -2.33. The molecule has 1 atom stereocenters. The van der Waals surface area contributed by atoms with Crippen molar-refractivity contribution in [2.24, 2.45) is 0 Å². The van der Waals surface area contributed by atoms with E-state index < -0.39 is 10.0 Å². The molecular formula is C16H21N5O3S2. The van der Waals surface area contributed by atoms with Crippen LogP contribution < -0.4 is 14.9 Å². The van der Waals surface area contributed by atoms with Gasteiger partial charge in [0.05, 0.1) is 0 Å². The molecule has 0 aliphatic carbocycles. The van der Waals surface area contributed by atoms with Gasteiger partial charge in [0.25, 0.3) is 10.0 Å². The molecule has 2 N–H and O–H groups in total. The fraction of sp³-hybridized carbons (Fsp3) is 0.438. The molecule has 1 aromatic heterocycles. The van der Waals surface area contributed by atoms with E-state index in [1.165, 1.54) is 18.2 Å². The zero-order valence-corrected chi connectivity index (χ0v) is 16.2. The van der Waals surface area contributed by atoms with Crippen molar-refractivity contribution < 1.29 is 13.2 Å². The normalized spacial score (nSPS) is 16.5. The van der Waals surface area contributed by atoms with Crippen molar-refractivity contribution in [3.63, 3.8) is 0 Å². The van der Waals surface area contributed by atoms with Crippen molar-refractivity contribution >= 4 is 38.1 Å². The maximum absolute atomic E-state index is 12.3. The van der Waals surface area contributed by atoms with Crippen LogP contribution in [0.1, 0.15) is 25.8 Å². The number of hydrogen-bond donors (Lipinski definition) is 2. The molecule has 0 bridgehead atoms. The van der Waals surface area contributed by atoms with Crippen molar-refractivity contribution in [1.82, 2.24) is 14.9 Å². The Morgan fingerprint density at radius 1 is 1.35 bits per heavy atom. The number of hydrogen-bond acceptors (Lipinski definition) is 7. The monoisotopic (exact) mass is 395 g/mol. The molecule has 2 aromatic rings. The number of carbonyl (C=O) groups excluding carboxylic acids is 1. The van der Waals surface area contributed by atoms with Gasteiger partial charge < -0.3 is 10.2 Å². The van der Waals surface area contributed by atoms with Gasteiger partial charge in [-0.1, -0.05) is 29.5 Å². The van der Waals surface area contributed by atoms with Gasteiger partial charge in [0.1, 0.15) is 0 Å². The highest BCUT2D eigenvalue weighted by Gasteiger charge is 2.25. The first kappa shape index (κ1) is 18.7. The maximum atomic E-state index is 12.3. The van der Waals surface area contributed by atoms with E-state index in [9.17, 15) is 13.2 Å². The van der Waals surface area contributed by atoms with E-state index in [0.717, 1.165) is 24.3 Å². The van der Waals surface area contributed by atoms with Gasteiger partial charge in [-0.15, -0.1) is 10.2 Å². The summed E-state index contributed by atoms with van der Waals surface area (Å²) in [5.41, 5.74) is 2.56. The number of para-hydroxylation sites is 1.